The molecule has 1 atom stereocenters. The van der Waals surface area contributed by atoms with Crippen molar-refractivity contribution < 1.29 is 9.59 Å². The van der Waals surface area contributed by atoms with Gasteiger partial charge in [0.2, 0.25) is 11.8 Å². The van der Waals surface area contributed by atoms with Crippen molar-refractivity contribution in [2.75, 3.05) is 4.90 Å². The summed E-state index contributed by atoms with van der Waals surface area (Å²) in [5.74, 6) is -0.169. The standard InChI is InChI=1S/C29H34N2O2S/c1-20-16-21(2)27(22(3)17-20)31(26(32)18-23-14-15-34-19-23)28(24-10-6-4-7-11-24)29(33)30-25-12-8-5-9-13-25/h4,6-7,10-11,14-17,19,25,28H,5,8-9,12-13,18H2,1-3H3,(H,30,33). The van der Waals surface area contributed by atoms with Gasteiger partial charge < -0.3 is 5.32 Å². The van der Waals surface area contributed by atoms with Crippen LogP contribution in [0.5, 0.6) is 0 Å². The molecule has 2 aromatic carbocycles. The lowest BCUT2D eigenvalue weighted by atomic mass is 9.94. The van der Waals surface area contributed by atoms with E-state index in [0.29, 0.717) is 0 Å². The third-order valence-electron chi connectivity index (χ3n) is 6.65. The lowest BCUT2D eigenvalue weighted by molar-refractivity contribution is -0.127. The number of benzene rings is 2. The number of carbonyl (C=O) groups is 2. The summed E-state index contributed by atoms with van der Waals surface area (Å²) in [6, 6.07) is 15.3. The summed E-state index contributed by atoms with van der Waals surface area (Å²) in [4.78, 5) is 29.6. The number of carbonyl (C=O) groups excluding carboxylic acids is 2. The molecular weight excluding hydrogens is 440 g/mol. The third kappa shape index (κ3) is 5.58. The van der Waals surface area contributed by atoms with E-state index in [4.69, 9.17) is 0 Å². The first-order valence-electron chi connectivity index (χ1n) is 12.2. The SMILES string of the molecule is Cc1cc(C)c(N(C(=O)Cc2ccsc2)C(C(=O)NC2CCCCC2)c2ccccc2)c(C)c1. The summed E-state index contributed by atoms with van der Waals surface area (Å²) >= 11 is 1.58. The Morgan fingerprint density at radius 1 is 1.00 bits per heavy atom. The van der Waals surface area contributed by atoms with E-state index in [0.717, 1.165) is 59.2 Å². The van der Waals surface area contributed by atoms with E-state index in [9.17, 15) is 9.59 Å². The number of amides is 2. The molecule has 0 radical (unpaired) electrons. The van der Waals surface area contributed by atoms with Crippen LogP contribution in [0.15, 0.2) is 59.3 Å². The predicted molar refractivity (Wildman–Crippen MR) is 140 cm³/mol. The summed E-state index contributed by atoms with van der Waals surface area (Å²) < 4.78 is 0. The maximum absolute atomic E-state index is 14.0. The van der Waals surface area contributed by atoms with Crippen molar-refractivity contribution in [3.05, 3.63) is 87.1 Å². The van der Waals surface area contributed by atoms with Crippen molar-refractivity contribution in [2.45, 2.75) is 71.4 Å². The van der Waals surface area contributed by atoms with Crippen LogP contribution in [0.2, 0.25) is 0 Å². The Morgan fingerprint density at radius 2 is 1.68 bits per heavy atom. The third-order valence-corrected chi connectivity index (χ3v) is 7.39. The zero-order valence-corrected chi connectivity index (χ0v) is 21.2. The molecule has 5 heteroatoms. The average Bonchev–Trinajstić information content (AvgIpc) is 3.32. The molecule has 1 heterocycles. The Kier molecular flexibility index (Phi) is 7.84. The topological polar surface area (TPSA) is 49.4 Å². The summed E-state index contributed by atoms with van der Waals surface area (Å²) in [5.41, 5.74) is 5.78. The minimum Gasteiger partial charge on any atom is -0.351 e. The number of thiophene rings is 1. The van der Waals surface area contributed by atoms with E-state index in [-0.39, 0.29) is 24.3 Å². The Bertz CT molecular complexity index is 1100. The molecule has 0 spiro atoms. The largest absolute Gasteiger partial charge is 0.351 e. The van der Waals surface area contributed by atoms with Crippen LogP contribution in [0.1, 0.15) is 66.0 Å². The molecule has 4 rings (SSSR count). The second-order valence-electron chi connectivity index (χ2n) is 9.48. The molecule has 1 aliphatic carbocycles. The van der Waals surface area contributed by atoms with Gasteiger partial charge in [0.05, 0.1) is 12.1 Å². The van der Waals surface area contributed by atoms with Crippen molar-refractivity contribution in [1.82, 2.24) is 5.32 Å². The molecule has 178 valence electrons. The first-order chi connectivity index (χ1) is 16.4. The van der Waals surface area contributed by atoms with Crippen LogP contribution in [-0.4, -0.2) is 17.9 Å². The Balaban J connectivity index is 1.80. The second-order valence-corrected chi connectivity index (χ2v) is 10.3. The zero-order chi connectivity index (χ0) is 24.1. The summed E-state index contributed by atoms with van der Waals surface area (Å²) in [6.45, 7) is 6.12. The van der Waals surface area contributed by atoms with Crippen LogP contribution in [-0.2, 0) is 16.0 Å². The first-order valence-corrected chi connectivity index (χ1v) is 13.1. The Labute approximate surface area is 207 Å². The predicted octanol–water partition coefficient (Wildman–Crippen LogP) is 6.44. The van der Waals surface area contributed by atoms with Gasteiger partial charge >= 0.3 is 0 Å². The van der Waals surface area contributed by atoms with Gasteiger partial charge in [0.15, 0.2) is 0 Å². The highest BCUT2D eigenvalue weighted by Gasteiger charge is 2.35. The normalized spacial score (nSPS) is 15.0. The lowest BCUT2D eigenvalue weighted by Gasteiger charge is -2.35. The van der Waals surface area contributed by atoms with Crippen molar-refractivity contribution in [3.8, 4) is 0 Å². The molecule has 1 saturated carbocycles. The maximum Gasteiger partial charge on any atom is 0.248 e. The van der Waals surface area contributed by atoms with E-state index in [2.05, 4.69) is 24.4 Å². The van der Waals surface area contributed by atoms with Gasteiger partial charge in [0.25, 0.3) is 0 Å². The zero-order valence-electron chi connectivity index (χ0n) is 20.3. The van der Waals surface area contributed by atoms with E-state index < -0.39 is 6.04 Å². The van der Waals surface area contributed by atoms with Gasteiger partial charge in [0, 0.05) is 6.04 Å². The van der Waals surface area contributed by atoms with Crippen molar-refractivity contribution in [3.63, 3.8) is 0 Å². The van der Waals surface area contributed by atoms with Gasteiger partial charge in [-0.25, -0.2) is 0 Å². The van der Waals surface area contributed by atoms with Crippen LogP contribution in [0.3, 0.4) is 0 Å². The average molecular weight is 475 g/mol. The van der Waals surface area contributed by atoms with Crippen LogP contribution in [0.25, 0.3) is 0 Å². The molecule has 3 aromatic rings. The number of aryl methyl sites for hydroxylation is 3. The lowest BCUT2D eigenvalue weighted by Crippen LogP contribution is -2.48. The highest BCUT2D eigenvalue weighted by atomic mass is 32.1. The molecule has 1 N–H and O–H groups in total. The molecule has 2 amide bonds. The van der Waals surface area contributed by atoms with Gasteiger partial charge in [-0.05, 0) is 72.7 Å². The highest BCUT2D eigenvalue weighted by Crippen LogP contribution is 2.35. The molecule has 1 aliphatic rings. The Hall–Kier alpha value is -2.92. The maximum atomic E-state index is 14.0. The first kappa shape index (κ1) is 24.2. The molecule has 1 aromatic heterocycles. The van der Waals surface area contributed by atoms with Crippen molar-refractivity contribution in [2.24, 2.45) is 0 Å². The van der Waals surface area contributed by atoms with Gasteiger partial charge in [0.1, 0.15) is 6.04 Å². The fourth-order valence-corrected chi connectivity index (χ4v) is 5.85. The van der Waals surface area contributed by atoms with E-state index in [1.807, 2.05) is 61.0 Å². The van der Waals surface area contributed by atoms with E-state index >= 15 is 0 Å². The van der Waals surface area contributed by atoms with Crippen LogP contribution < -0.4 is 10.2 Å². The van der Waals surface area contributed by atoms with Gasteiger partial charge in [-0.2, -0.15) is 11.3 Å². The Morgan fingerprint density at radius 3 is 2.29 bits per heavy atom. The smallest absolute Gasteiger partial charge is 0.248 e. The molecule has 1 fully saturated rings. The summed E-state index contributed by atoms with van der Waals surface area (Å²) in [7, 11) is 0. The van der Waals surface area contributed by atoms with Crippen molar-refractivity contribution >= 4 is 28.8 Å². The molecule has 4 nitrogen and oxygen atoms in total. The number of anilines is 1. The highest BCUT2D eigenvalue weighted by molar-refractivity contribution is 7.08. The molecule has 0 aliphatic heterocycles. The molecule has 0 bridgehead atoms. The van der Waals surface area contributed by atoms with Crippen LogP contribution in [0, 0.1) is 20.8 Å². The fraction of sp³-hybridized carbons (Fsp3) is 0.379. The van der Waals surface area contributed by atoms with Crippen molar-refractivity contribution in [1.29, 1.82) is 0 Å². The number of rotatable bonds is 7. The fourth-order valence-electron chi connectivity index (χ4n) is 5.18. The van der Waals surface area contributed by atoms with E-state index in [1.54, 1.807) is 16.2 Å². The second kappa shape index (κ2) is 11.0. The molecule has 0 saturated heterocycles. The summed E-state index contributed by atoms with van der Waals surface area (Å²) in [5, 5.41) is 7.29. The number of hydrogen-bond donors (Lipinski definition) is 1. The van der Waals surface area contributed by atoms with E-state index in [1.165, 1.54) is 6.42 Å². The molecule has 34 heavy (non-hydrogen) atoms. The minimum atomic E-state index is -0.727. The van der Waals surface area contributed by atoms with Gasteiger partial charge in [-0.3, -0.25) is 14.5 Å². The number of nitrogens with one attached hydrogen (secondary N) is 1. The number of nitrogens with zero attached hydrogens (tertiary/aromatic N) is 1. The quantitative estimate of drug-likeness (QED) is 0.428. The van der Waals surface area contributed by atoms with Gasteiger partial charge in [-0.15, -0.1) is 0 Å². The monoisotopic (exact) mass is 474 g/mol. The minimum absolute atomic E-state index is 0.0684. The van der Waals surface area contributed by atoms with Crippen LogP contribution >= 0.6 is 11.3 Å². The number of hydrogen-bond acceptors (Lipinski definition) is 3. The molecular formula is C29H34N2O2S. The molecule has 1 unspecified atom stereocenters. The summed E-state index contributed by atoms with van der Waals surface area (Å²) in [6.07, 6.45) is 5.75. The van der Waals surface area contributed by atoms with Crippen LogP contribution in [0.4, 0.5) is 5.69 Å². The van der Waals surface area contributed by atoms with Gasteiger partial charge in [-0.1, -0.05) is 67.3 Å².